The first-order chi connectivity index (χ1) is 12.9. The van der Waals surface area contributed by atoms with E-state index >= 15 is 0 Å². The van der Waals surface area contributed by atoms with E-state index < -0.39 is 5.92 Å². The lowest BCUT2D eigenvalue weighted by Crippen LogP contribution is -2.34. The summed E-state index contributed by atoms with van der Waals surface area (Å²) in [6.07, 6.45) is 0.109. The van der Waals surface area contributed by atoms with Crippen molar-refractivity contribution in [2.75, 3.05) is 16.0 Å². The van der Waals surface area contributed by atoms with Crippen LogP contribution in [-0.2, 0) is 9.59 Å². The third-order valence-electron chi connectivity index (χ3n) is 4.15. The second-order valence-electron chi connectivity index (χ2n) is 6.71. The summed E-state index contributed by atoms with van der Waals surface area (Å²) in [6, 6.07) is 13.9. The van der Waals surface area contributed by atoms with E-state index in [1.807, 2.05) is 32.0 Å². The molecule has 0 aliphatic carbocycles. The number of anilines is 3. The smallest absolute Gasteiger partial charge is 0.319 e. The molecule has 2 aromatic rings. The van der Waals surface area contributed by atoms with Gasteiger partial charge >= 0.3 is 6.03 Å². The summed E-state index contributed by atoms with van der Waals surface area (Å²) in [6.45, 7) is 3.75. The van der Waals surface area contributed by atoms with Gasteiger partial charge in [-0.25, -0.2) is 4.79 Å². The molecule has 0 saturated heterocycles. The molecule has 4 amide bonds. The molecule has 1 heterocycles. The fourth-order valence-electron chi connectivity index (χ4n) is 2.94. The molecule has 140 valence electrons. The Kier molecular flexibility index (Phi) is 5.40. The van der Waals surface area contributed by atoms with Gasteiger partial charge in [0.1, 0.15) is 0 Å². The monoisotopic (exact) mass is 366 g/mol. The SMILES string of the molecule is CC(C)NC(=O)Nc1ccc(NC(=O)C2CC(=O)Nc3ccccc32)cc1. The fourth-order valence-corrected chi connectivity index (χ4v) is 2.94. The van der Waals surface area contributed by atoms with E-state index in [2.05, 4.69) is 21.3 Å². The summed E-state index contributed by atoms with van der Waals surface area (Å²) in [4.78, 5) is 36.3. The molecule has 3 rings (SSSR count). The number of hydrogen-bond donors (Lipinski definition) is 4. The topological polar surface area (TPSA) is 99.3 Å². The van der Waals surface area contributed by atoms with Crippen LogP contribution in [0.4, 0.5) is 21.9 Å². The maximum Gasteiger partial charge on any atom is 0.319 e. The second-order valence-corrected chi connectivity index (χ2v) is 6.71. The fraction of sp³-hybridized carbons (Fsp3) is 0.250. The second kappa shape index (κ2) is 7.90. The van der Waals surface area contributed by atoms with Gasteiger partial charge in [0.15, 0.2) is 0 Å². The highest BCUT2D eigenvalue weighted by Gasteiger charge is 2.30. The van der Waals surface area contributed by atoms with E-state index in [4.69, 9.17) is 0 Å². The van der Waals surface area contributed by atoms with Crippen LogP contribution in [0.5, 0.6) is 0 Å². The molecule has 1 aliphatic heterocycles. The van der Waals surface area contributed by atoms with E-state index in [0.29, 0.717) is 17.1 Å². The van der Waals surface area contributed by atoms with Gasteiger partial charge in [0.25, 0.3) is 0 Å². The molecule has 7 heteroatoms. The number of para-hydroxylation sites is 1. The Morgan fingerprint density at radius 1 is 1.00 bits per heavy atom. The Balaban J connectivity index is 1.66. The van der Waals surface area contributed by atoms with Gasteiger partial charge in [-0.1, -0.05) is 18.2 Å². The largest absolute Gasteiger partial charge is 0.336 e. The molecule has 4 N–H and O–H groups in total. The predicted octanol–water partition coefficient (Wildman–Crippen LogP) is 3.28. The first kappa shape index (κ1) is 18.4. The highest BCUT2D eigenvalue weighted by atomic mass is 16.2. The van der Waals surface area contributed by atoms with E-state index in [0.717, 1.165) is 5.56 Å². The number of hydrogen-bond acceptors (Lipinski definition) is 3. The summed E-state index contributed by atoms with van der Waals surface area (Å²) in [7, 11) is 0. The maximum atomic E-state index is 12.7. The van der Waals surface area contributed by atoms with Gasteiger partial charge in [0.2, 0.25) is 11.8 Å². The number of nitrogens with one attached hydrogen (secondary N) is 4. The maximum absolute atomic E-state index is 12.7. The molecule has 27 heavy (non-hydrogen) atoms. The van der Waals surface area contributed by atoms with Crippen LogP contribution in [0.3, 0.4) is 0 Å². The molecule has 0 spiro atoms. The van der Waals surface area contributed by atoms with E-state index in [1.54, 1.807) is 30.3 Å². The van der Waals surface area contributed by atoms with Gasteiger partial charge in [0, 0.05) is 29.5 Å². The van der Waals surface area contributed by atoms with Crippen molar-refractivity contribution in [2.24, 2.45) is 0 Å². The average Bonchev–Trinajstić information content (AvgIpc) is 2.61. The van der Waals surface area contributed by atoms with Crippen LogP contribution in [0.1, 0.15) is 31.7 Å². The lowest BCUT2D eigenvalue weighted by atomic mass is 9.90. The molecule has 1 unspecified atom stereocenters. The van der Waals surface area contributed by atoms with Crippen LogP contribution in [0, 0.1) is 0 Å². The number of benzene rings is 2. The highest BCUT2D eigenvalue weighted by molar-refractivity contribution is 6.05. The summed E-state index contributed by atoms with van der Waals surface area (Å²) < 4.78 is 0. The Hall–Kier alpha value is -3.35. The van der Waals surface area contributed by atoms with Crippen LogP contribution in [0.2, 0.25) is 0 Å². The standard InChI is InChI=1S/C20H22N4O3/c1-12(2)21-20(27)23-14-9-7-13(8-10-14)22-19(26)16-11-18(25)24-17-6-4-3-5-15(16)17/h3-10,12,16H,11H2,1-2H3,(H,22,26)(H,24,25)(H2,21,23,27). The Bertz CT molecular complexity index is 862. The van der Waals surface area contributed by atoms with Gasteiger partial charge < -0.3 is 21.3 Å². The summed E-state index contributed by atoms with van der Waals surface area (Å²) >= 11 is 0. The number of carbonyl (C=O) groups excluding carboxylic acids is 3. The van der Waals surface area contributed by atoms with E-state index in [9.17, 15) is 14.4 Å². The normalized spacial score (nSPS) is 15.5. The van der Waals surface area contributed by atoms with Gasteiger partial charge in [-0.2, -0.15) is 0 Å². The Labute approximate surface area is 157 Å². The van der Waals surface area contributed by atoms with Crippen molar-refractivity contribution in [3.05, 3.63) is 54.1 Å². The van der Waals surface area contributed by atoms with Crippen molar-refractivity contribution >= 4 is 34.9 Å². The molecule has 7 nitrogen and oxygen atoms in total. The van der Waals surface area contributed by atoms with Crippen LogP contribution < -0.4 is 21.3 Å². The van der Waals surface area contributed by atoms with Crippen molar-refractivity contribution in [1.29, 1.82) is 0 Å². The van der Waals surface area contributed by atoms with Crippen LogP contribution in [-0.4, -0.2) is 23.9 Å². The molecule has 0 bridgehead atoms. The number of fused-ring (bicyclic) bond motifs is 1. The molecular formula is C20H22N4O3. The Morgan fingerprint density at radius 3 is 2.30 bits per heavy atom. The quantitative estimate of drug-likeness (QED) is 0.668. The number of rotatable bonds is 4. The van der Waals surface area contributed by atoms with Gasteiger partial charge in [-0.3, -0.25) is 9.59 Å². The minimum atomic E-state index is -0.537. The number of urea groups is 1. The molecule has 1 aliphatic rings. The lowest BCUT2D eigenvalue weighted by Gasteiger charge is -2.24. The number of amides is 4. The van der Waals surface area contributed by atoms with Crippen molar-refractivity contribution < 1.29 is 14.4 Å². The highest BCUT2D eigenvalue weighted by Crippen LogP contribution is 2.32. The summed E-state index contributed by atoms with van der Waals surface area (Å²) in [5.41, 5.74) is 2.69. The minimum absolute atomic E-state index is 0.0409. The van der Waals surface area contributed by atoms with E-state index in [-0.39, 0.29) is 30.3 Å². The van der Waals surface area contributed by atoms with Crippen molar-refractivity contribution in [1.82, 2.24) is 5.32 Å². The van der Waals surface area contributed by atoms with Crippen LogP contribution >= 0.6 is 0 Å². The van der Waals surface area contributed by atoms with Gasteiger partial charge in [-0.15, -0.1) is 0 Å². The van der Waals surface area contributed by atoms with Crippen molar-refractivity contribution in [3.63, 3.8) is 0 Å². The lowest BCUT2D eigenvalue weighted by molar-refractivity contribution is -0.123. The zero-order valence-electron chi connectivity index (χ0n) is 15.2. The molecular weight excluding hydrogens is 344 g/mol. The van der Waals surface area contributed by atoms with Crippen molar-refractivity contribution in [3.8, 4) is 0 Å². The minimum Gasteiger partial charge on any atom is -0.336 e. The van der Waals surface area contributed by atoms with Gasteiger partial charge in [0.05, 0.1) is 5.92 Å². The summed E-state index contributed by atoms with van der Waals surface area (Å²) in [5, 5.41) is 11.1. The third-order valence-corrected chi connectivity index (χ3v) is 4.15. The van der Waals surface area contributed by atoms with E-state index in [1.165, 1.54) is 0 Å². The molecule has 0 saturated carbocycles. The molecule has 2 aromatic carbocycles. The zero-order chi connectivity index (χ0) is 19.4. The predicted molar refractivity (Wildman–Crippen MR) is 105 cm³/mol. The molecule has 0 radical (unpaired) electrons. The molecule has 0 aromatic heterocycles. The zero-order valence-corrected chi connectivity index (χ0v) is 15.2. The Morgan fingerprint density at radius 2 is 1.63 bits per heavy atom. The first-order valence-electron chi connectivity index (χ1n) is 8.79. The third kappa shape index (κ3) is 4.63. The van der Waals surface area contributed by atoms with Crippen LogP contribution in [0.25, 0.3) is 0 Å². The van der Waals surface area contributed by atoms with Gasteiger partial charge in [-0.05, 0) is 49.7 Å². The van der Waals surface area contributed by atoms with Crippen LogP contribution in [0.15, 0.2) is 48.5 Å². The first-order valence-corrected chi connectivity index (χ1v) is 8.79. The van der Waals surface area contributed by atoms with Crippen molar-refractivity contribution in [2.45, 2.75) is 32.2 Å². The summed E-state index contributed by atoms with van der Waals surface area (Å²) in [5.74, 6) is -0.954. The molecule has 1 atom stereocenters. The average molecular weight is 366 g/mol. The molecule has 0 fully saturated rings. The number of carbonyl (C=O) groups is 3.